The summed E-state index contributed by atoms with van der Waals surface area (Å²) in [7, 11) is 3.93. The molecule has 0 atom stereocenters. The summed E-state index contributed by atoms with van der Waals surface area (Å²) in [6.07, 6.45) is 0. The van der Waals surface area contributed by atoms with Gasteiger partial charge in [0.1, 0.15) is 12.4 Å². The van der Waals surface area contributed by atoms with Gasteiger partial charge in [-0.1, -0.05) is 0 Å². The standard InChI is InChI=1S/C8H16N4O/c1-8(2,12(3)4)7-9-6(5-13)10-11-7/h13H,5H2,1-4H3,(H,9,10,11). The van der Waals surface area contributed by atoms with E-state index in [1.54, 1.807) is 0 Å². The molecule has 0 saturated carbocycles. The predicted molar refractivity (Wildman–Crippen MR) is 49.0 cm³/mol. The second-order valence-corrected chi connectivity index (χ2v) is 3.72. The Labute approximate surface area is 77.8 Å². The highest BCUT2D eigenvalue weighted by Crippen LogP contribution is 2.21. The van der Waals surface area contributed by atoms with Crippen LogP contribution in [0.4, 0.5) is 0 Å². The Morgan fingerprint density at radius 3 is 2.46 bits per heavy atom. The lowest BCUT2D eigenvalue weighted by Gasteiger charge is -2.29. The number of nitrogens with one attached hydrogen (secondary N) is 1. The van der Waals surface area contributed by atoms with E-state index in [9.17, 15) is 0 Å². The molecule has 0 amide bonds. The lowest BCUT2D eigenvalue weighted by Crippen LogP contribution is -2.36. The molecule has 0 fully saturated rings. The summed E-state index contributed by atoms with van der Waals surface area (Å²) in [5.41, 5.74) is -0.218. The van der Waals surface area contributed by atoms with Crippen LogP contribution < -0.4 is 0 Å². The minimum atomic E-state index is -0.218. The largest absolute Gasteiger partial charge is 0.388 e. The second-order valence-electron chi connectivity index (χ2n) is 3.72. The Morgan fingerprint density at radius 1 is 1.46 bits per heavy atom. The fourth-order valence-corrected chi connectivity index (χ4v) is 0.840. The normalized spacial score (nSPS) is 12.5. The van der Waals surface area contributed by atoms with E-state index < -0.39 is 0 Å². The maximum atomic E-state index is 8.81. The van der Waals surface area contributed by atoms with Crippen LogP contribution in [0.1, 0.15) is 25.5 Å². The van der Waals surface area contributed by atoms with Crippen molar-refractivity contribution in [3.05, 3.63) is 11.6 Å². The molecule has 1 aromatic rings. The first-order chi connectivity index (χ1) is 5.98. The molecule has 1 heterocycles. The first kappa shape index (κ1) is 10.1. The molecule has 0 bridgehead atoms. The Balaban J connectivity index is 2.93. The summed E-state index contributed by atoms with van der Waals surface area (Å²) in [5, 5.41) is 15.5. The monoisotopic (exact) mass is 184 g/mol. The molecule has 1 rings (SSSR count). The molecule has 0 saturated heterocycles. The SMILES string of the molecule is CN(C)C(C)(C)c1n[nH]c(CO)n1. The molecule has 0 radical (unpaired) electrons. The summed E-state index contributed by atoms with van der Waals surface area (Å²) in [6, 6.07) is 0. The molecular weight excluding hydrogens is 168 g/mol. The maximum Gasteiger partial charge on any atom is 0.170 e. The Morgan fingerprint density at radius 2 is 2.08 bits per heavy atom. The lowest BCUT2D eigenvalue weighted by atomic mass is 10.0. The second kappa shape index (κ2) is 3.43. The number of aromatic nitrogens is 3. The summed E-state index contributed by atoms with van der Waals surface area (Å²) in [6.45, 7) is 3.95. The summed E-state index contributed by atoms with van der Waals surface area (Å²) < 4.78 is 0. The van der Waals surface area contributed by atoms with Crippen LogP contribution in [-0.2, 0) is 12.1 Å². The molecule has 0 aromatic carbocycles. The topological polar surface area (TPSA) is 65.0 Å². The minimum absolute atomic E-state index is 0.101. The van der Waals surface area contributed by atoms with Gasteiger partial charge in [-0.3, -0.25) is 10.00 Å². The molecule has 0 aliphatic carbocycles. The molecule has 0 unspecified atom stereocenters. The van der Waals surface area contributed by atoms with Gasteiger partial charge in [0.2, 0.25) is 0 Å². The average Bonchev–Trinajstić information content (AvgIpc) is 2.51. The highest BCUT2D eigenvalue weighted by molar-refractivity contribution is 5.02. The first-order valence-corrected chi connectivity index (χ1v) is 4.18. The van der Waals surface area contributed by atoms with E-state index in [-0.39, 0.29) is 12.1 Å². The summed E-state index contributed by atoms with van der Waals surface area (Å²) in [5.74, 6) is 1.20. The fourth-order valence-electron chi connectivity index (χ4n) is 0.840. The van der Waals surface area contributed by atoms with Crippen LogP contribution in [0.2, 0.25) is 0 Å². The van der Waals surface area contributed by atoms with Crippen LogP contribution in [0.15, 0.2) is 0 Å². The summed E-state index contributed by atoms with van der Waals surface area (Å²) >= 11 is 0. The number of H-pyrrole nitrogens is 1. The van der Waals surface area contributed by atoms with Crippen molar-refractivity contribution < 1.29 is 5.11 Å². The molecule has 2 N–H and O–H groups in total. The van der Waals surface area contributed by atoms with Crippen molar-refractivity contribution in [1.29, 1.82) is 0 Å². The van der Waals surface area contributed by atoms with Gasteiger partial charge in [0.15, 0.2) is 5.82 Å². The zero-order valence-corrected chi connectivity index (χ0v) is 8.50. The van der Waals surface area contributed by atoms with Crippen LogP contribution in [0, 0.1) is 0 Å². The molecule has 5 heteroatoms. The smallest absolute Gasteiger partial charge is 0.170 e. The van der Waals surface area contributed by atoms with Gasteiger partial charge >= 0.3 is 0 Å². The number of hydrogen-bond acceptors (Lipinski definition) is 4. The van der Waals surface area contributed by atoms with E-state index >= 15 is 0 Å². The van der Waals surface area contributed by atoms with Gasteiger partial charge in [0.25, 0.3) is 0 Å². The van der Waals surface area contributed by atoms with Gasteiger partial charge in [-0.15, -0.1) is 0 Å². The molecule has 0 aliphatic rings. The summed E-state index contributed by atoms with van der Waals surface area (Å²) in [4.78, 5) is 6.19. The number of aliphatic hydroxyl groups excluding tert-OH is 1. The maximum absolute atomic E-state index is 8.81. The van der Waals surface area contributed by atoms with E-state index in [0.717, 1.165) is 0 Å². The van der Waals surface area contributed by atoms with Gasteiger partial charge in [-0.05, 0) is 27.9 Å². The quantitative estimate of drug-likeness (QED) is 0.699. The average molecular weight is 184 g/mol. The highest BCUT2D eigenvalue weighted by atomic mass is 16.3. The van der Waals surface area contributed by atoms with Crippen molar-refractivity contribution in [1.82, 2.24) is 20.1 Å². The van der Waals surface area contributed by atoms with Crippen LogP contribution in [0.3, 0.4) is 0 Å². The van der Waals surface area contributed by atoms with Crippen molar-refractivity contribution >= 4 is 0 Å². The van der Waals surface area contributed by atoms with Crippen LogP contribution in [-0.4, -0.2) is 39.3 Å². The van der Waals surface area contributed by atoms with Gasteiger partial charge in [-0.2, -0.15) is 5.10 Å². The van der Waals surface area contributed by atoms with E-state index in [1.165, 1.54) is 0 Å². The molecule has 5 nitrogen and oxygen atoms in total. The molecule has 0 aliphatic heterocycles. The number of nitrogens with zero attached hydrogens (tertiary/aromatic N) is 3. The Hall–Kier alpha value is -0.940. The third-order valence-electron chi connectivity index (χ3n) is 2.35. The third-order valence-corrected chi connectivity index (χ3v) is 2.35. The van der Waals surface area contributed by atoms with E-state index in [0.29, 0.717) is 11.6 Å². The van der Waals surface area contributed by atoms with Gasteiger partial charge < -0.3 is 5.11 Å². The number of rotatable bonds is 3. The van der Waals surface area contributed by atoms with Crippen molar-refractivity contribution in [2.45, 2.75) is 26.0 Å². The van der Waals surface area contributed by atoms with E-state index in [4.69, 9.17) is 5.11 Å². The number of aromatic amines is 1. The van der Waals surface area contributed by atoms with Crippen molar-refractivity contribution in [2.75, 3.05) is 14.1 Å². The molecular formula is C8H16N4O. The van der Waals surface area contributed by atoms with Crippen molar-refractivity contribution in [2.24, 2.45) is 0 Å². The van der Waals surface area contributed by atoms with E-state index in [2.05, 4.69) is 15.2 Å². The molecule has 13 heavy (non-hydrogen) atoms. The fraction of sp³-hybridized carbons (Fsp3) is 0.750. The number of hydrogen-bond donors (Lipinski definition) is 2. The minimum Gasteiger partial charge on any atom is -0.388 e. The van der Waals surface area contributed by atoms with E-state index in [1.807, 2.05) is 32.8 Å². The van der Waals surface area contributed by atoms with Gasteiger partial charge in [0.05, 0.1) is 5.54 Å². The van der Waals surface area contributed by atoms with Gasteiger partial charge in [-0.25, -0.2) is 4.98 Å². The molecule has 74 valence electrons. The third kappa shape index (κ3) is 1.87. The predicted octanol–water partition coefficient (Wildman–Crippen LogP) is 0.0937. The zero-order chi connectivity index (χ0) is 10.1. The van der Waals surface area contributed by atoms with Gasteiger partial charge in [0, 0.05) is 0 Å². The van der Waals surface area contributed by atoms with Crippen LogP contribution in [0.5, 0.6) is 0 Å². The molecule has 1 aromatic heterocycles. The van der Waals surface area contributed by atoms with Crippen LogP contribution >= 0.6 is 0 Å². The van der Waals surface area contributed by atoms with Crippen LogP contribution in [0.25, 0.3) is 0 Å². The zero-order valence-electron chi connectivity index (χ0n) is 8.50. The number of aliphatic hydroxyl groups is 1. The Bertz CT molecular complexity index is 279. The van der Waals surface area contributed by atoms with Crippen molar-refractivity contribution in [3.8, 4) is 0 Å². The Kier molecular flexibility index (Phi) is 2.68. The lowest BCUT2D eigenvalue weighted by molar-refractivity contribution is 0.185. The highest BCUT2D eigenvalue weighted by Gasteiger charge is 2.27. The van der Waals surface area contributed by atoms with Crippen molar-refractivity contribution in [3.63, 3.8) is 0 Å². The molecule has 0 spiro atoms. The first-order valence-electron chi connectivity index (χ1n) is 4.18.